The van der Waals surface area contributed by atoms with Crippen LogP contribution in [0.4, 0.5) is 10.5 Å². The number of methoxy groups -OCH3 is 1. The largest absolute Gasteiger partial charge is 0.507 e. The lowest BCUT2D eigenvalue weighted by molar-refractivity contribution is -0.181. The van der Waals surface area contributed by atoms with Gasteiger partial charge < -0.3 is 25.4 Å². The summed E-state index contributed by atoms with van der Waals surface area (Å²) < 4.78 is 9.85. The Morgan fingerprint density at radius 2 is 1.73 bits per heavy atom. The Morgan fingerprint density at radius 3 is 2.34 bits per heavy atom. The molecule has 0 aliphatic heterocycles. The average Bonchev–Trinajstić information content (AvgIpc) is 2.95. The Kier molecular flexibility index (Phi) is 8.14. The number of phenols is 1. The number of aromatic hydroxyl groups is 1. The molecule has 3 aliphatic rings. The van der Waals surface area contributed by atoms with Gasteiger partial charge in [0.25, 0.3) is 0 Å². The van der Waals surface area contributed by atoms with Gasteiger partial charge in [0.05, 0.1) is 24.1 Å². The first-order chi connectivity index (χ1) is 20.8. The number of phenolic OH excluding ortho intramolecular Hbond substituents is 1. The molecule has 5 rings (SSSR count). The number of carbonyl (C=O) groups excluding carboxylic acids is 6. The number of fused-ring (bicyclic) bond motifs is 3. The van der Waals surface area contributed by atoms with Gasteiger partial charge in [-0.05, 0) is 67.7 Å². The van der Waals surface area contributed by atoms with Gasteiger partial charge in [0.15, 0.2) is 34.7 Å². The zero-order valence-electron chi connectivity index (χ0n) is 24.4. The number of rotatable bonds is 7. The van der Waals surface area contributed by atoms with Gasteiger partial charge in [-0.2, -0.15) is 0 Å². The number of benzene rings is 2. The second-order valence-electron chi connectivity index (χ2n) is 11.6. The number of carbonyl (C=O) groups is 6. The predicted molar refractivity (Wildman–Crippen MR) is 154 cm³/mol. The van der Waals surface area contributed by atoms with Crippen LogP contribution < -0.4 is 11.1 Å². The third kappa shape index (κ3) is 4.86. The van der Waals surface area contributed by atoms with Crippen LogP contribution >= 0.6 is 0 Å². The van der Waals surface area contributed by atoms with Gasteiger partial charge in [-0.25, -0.2) is 4.79 Å². The molecule has 2 unspecified atom stereocenters. The summed E-state index contributed by atoms with van der Waals surface area (Å²) in [6, 6.07) is 8.48. The number of anilines is 1. The third-order valence-electron chi connectivity index (χ3n) is 8.91. The molecular formula is C31H33N3O10. The minimum Gasteiger partial charge on any atom is -0.507 e. The maximum absolute atomic E-state index is 14.0. The molecule has 6 atom stereocenters. The number of primary amides is 1. The van der Waals surface area contributed by atoms with Crippen molar-refractivity contribution < 1.29 is 48.5 Å². The molecule has 0 saturated heterocycles. The molecule has 13 heteroatoms. The van der Waals surface area contributed by atoms with E-state index >= 15 is 0 Å². The molecule has 44 heavy (non-hydrogen) atoms. The van der Waals surface area contributed by atoms with E-state index in [0.717, 1.165) is 0 Å². The normalized spacial score (nSPS) is 27.8. The number of hydrogen-bond acceptors (Lipinski definition) is 11. The highest BCUT2D eigenvalue weighted by Crippen LogP contribution is 2.51. The van der Waals surface area contributed by atoms with Crippen LogP contribution in [-0.2, 0) is 35.1 Å². The molecule has 0 heterocycles. The number of ketones is 4. The second kappa shape index (κ2) is 11.6. The van der Waals surface area contributed by atoms with Crippen LogP contribution in [0.25, 0.3) is 11.1 Å². The molecule has 0 radical (unpaired) electrons. The highest BCUT2D eigenvalue weighted by atomic mass is 16.6. The minimum absolute atomic E-state index is 0.0486. The van der Waals surface area contributed by atoms with Crippen molar-refractivity contribution in [2.75, 3.05) is 39.7 Å². The minimum atomic E-state index is -2.78. The predicted octanol–water partition coefficient (Wildman–Crippen LogP) is 0.729. The van der Waals surface area contributed by atoms with E-state index in [1.165, 1.54) is 32.2 Å². The summed E-state index contributed by atoms with van der Waals surface area (Å²) in [5, 5.41) is 25.1. The van der Waals surface area contributed by atoms with Crippen LogP contribution in [0.2, 0.25) is 0 Å². The summed E-state index contributed by atoms with van der Waals surface area (Å²) in [5.74, 6) is -11.0. The van der Waals surface area contributed by atoms with E-state index in [2.05, 4.69) is 5.32 Å². The van der Waals surface area contributed by atoms with Crippen molar-refractivity contribution >= 4 is 40.8 Å². The van der Waals surface area contributed by atoms with Crippen LogP contribution in [-0.4, -0.2) is 96.3 Å². The summed E-state index contributed by atoms with van der Waals surface area (Å²) >= 11 is 0. The molecule has 2 aromatic rings. The number of nitrogens with zero attached hydrogens (tertiary/aromatic N) is 1. The van der Waals surface area contributed by atoms with Crippen LogP contribution in [0, 0.1) is 23.7 Å². The van der Waals surface area contributed by atoms with Crippen molar-refractivity contribution in [3.63, 3.8) is 0 Å². The average molecular weight is 608 g/mol. The van der Waals surface area contributed by atoms with Gasteiger partial charge in [0, 0.05) is 18.7 Å². The van der Waals surface area contributed by atoms with Crippen molar-refractivity contribution in [2.24, 2.45) is 29.4 Å². The molecule has 3 aliphatic carbocycles. The summed E-state index contributed by atoms with van der Waals surface area (Å²) in [6.45, 7) is 0.335. The molecular weight excluding hydrogens is 574 g/mol. The van der Waals surface area contributed by atoms with E-state index in [1.54, 1.807) is 30.3 Å². The Labute approximate surface area is 252 Å². The number of likely N-dealkylation sites (N-methyl/N-ethyl adjacent to an activating group) is 1. The zero-order valence-corrected chi connectivity index (χ0v) is 24.4. The number of hydrogen-bond donors (Lipinski definition) is 4. The van der Waals surface area contributed by atoms with Gasteiger partial charge in [-0.15, -0.1) is 0 Å². The quantitative estimate of drug-likeness (QED) is 0.255. The SMILES string of the molecule is COCCOC(=O)Nc1ccc(-c2ccc(O)c3c2C[C@H]2C[C@H]4[C@H](N(C)C)C(=O)C(C(N)=O)C(=O)[C@@]4(O)C(=O)C2C3=O)cc1. The van der Waals surface area contributed by atoms with Crippen LogP contribution in [0.5, 0.6) is 5.75 Å². The fraction of sp³-hybridized carbons (Fsp3) is 0.419. The van der Waals surface area contributed by atoms with Gasteiger partial charge >= 0.3 is 6.09 Å². The molecule has 0 spiro atoms. The monoisotopic (exact) mass is 607 g/mol. The van der Waals surface area contributed by atoms with Gasteiger partial charge in [-0.3, -0.25) is 34.2 Å². The Bertz CT molecular complexity index is 1570. The van der Waals surface area contributed by atoms with Crippen LogP contribution in [0.1, 0.15) is 22.3 Å². The summed E-state index contributed by atoms with van der Waals surface area (Å²) in [5.41, 5.74) is 4.65. The number of amides is 2. The fourth-order valence-electron chi connectivity index (χ4n) is 6.98. The van der Waals surface area contributed by atoms with E-state index in [9.17, 15) is 39.0 Å². The summed E-state index contributed by atoms with van der Waals surface area (Å²) in [4.78, 5) is 80.1. The highest BCUT2D eigenvalue weighted by Gasteiger charge is 2.69. The lowest BCUT2D eigenvalue weighted by atomic mass is 9.52. The lowest BCUT2D eigenvalue weighted by Gasteiger charge is -2.52. The molecule has 5 N–H and O–H groups in total. The highest BCUT2D eigenvalue weighted by molar-refractivity contribution is 6.32. The van der Waals surface area contributed by atoms with Gasteiger partial charge in [0.1, 0.15) is 12.4 Å². The van der Waals surface area contributed by atoms with E-state index < -0.39 is 70.4 Å². The van der Waals surface area contributed by atoms with Crippen LogP contribution in [0.3, 0.4) is 0 Å². The maximum Gasteiger partial charge on any atom is 0.411 e. The fourth-order valence-corrected chi connectivity index (χ4v) is 6.98. The first-order valence-corrected chi connectivity index (χ1v) is 14.1. The molecule has 232 valence electrons. The number of nitrogens with one attached hydrogen (secondary N) is 1. The molecule has 13 nitrogen and oxygen atoms in total. The van der Waals surface area contributed by atoms with Gasteiger partial charge in [0.2, 0.25) is 5.91 Å². The van der Waals surface area contributed by atoms with E-state index in [4.69, 9.17) is 15.2 Å². The number of ether oxygens (including phenoxy) is 2. The Hall–Kier alpha value is -4.46. The molecule has 2 aromatic carbocycles. The van der Waals surface area contributed by atoms with Crippen molar-refractivity contribution in [3.05, 3.63) is 47.5 Å². The topological polar surface area (TPSA) is 203 Å². The lowest BCUT2D eigenvalue weighted by Crippen LogP contribution is -2.74. The molecule has 2 saturated carbocycles. The first kappa shape index (κ1) is 31.0. The van der Waals surface area contributed by atoms with Crippen molar-refractivity contribution in [2.45, 2.75) is 24.5 Å². The zero-order chi connectivity index (χ0) is 32.1. The van der Waals surface area contributed by atoms with Crippen molar-refractivity contribution in [1.29, 1.82) is 0 Å². The standard InChI is InChI=1S/C31H33N3O10/c1-34(2)24-19-13-15-12-18-17(14-4-6-16(7-5-14)33-30(41)44-11-10-43-3)8-9-20(35)22(18)25(36)21(15)27(38)31(19,42)28(39)23(26(24)37)29(32)40/h4-9,15,19,21,23-24,35,42H,10-13H2,1-3H3,(H2,32,40)(H,33,41)/t15-,19-,21?,23?,24-,31-/m0/s1. The van der Waals surface area contributed by atoms with Crippen LogP contribution in [0.15, 0.2) is 36.4 Å². The van der Waals surface area contributed by atoms with Crippen molar-refractivity contribution in [3.8, 4) is 16.9 Å². The molecule has 0 bridgehead atoms. The summed E-state index contributed by atoms with van der Waals surface area (Å²) in [6.07, 6.45) is -0.581. The third-order valence-corrected chi connectivity index (χ3v) is 8.91. The first-order valence-electron chi connectivity index (χ1n) is 14.1. The van der Waals surface area contributed by atoms with Crippen molar-refractivity contribution in [1.82, 2.24) is 4.90 Å². The molecule has 0 aromatic heterocycles. The smallest absolute Gasteiger partial charge is 0.411 e. The summed E-state index contributed by atoms with van der Waals surface area (Å²) in [7, 11) is 4.55. The van der Waals surface area contributed by atoms with E-state index in [-0.39, 0.29) is 37.4 Å². The number of nitrogens with two attached hydrogens (primary N) is 1. The second-order valence-corrected chi connectivity index (χ2v) is 11.6. The maximum atomic E-state index is 14.0. The van der Waals surface area contributed by atoms with E-state index in [1.807, 2.05) is 0 Å². The Morgan fingerprint density at radius 1 is 1.05 bits per heavy atom. The van der Waals surface area contributed by atoms with E-state index in [0.29, 0.717) is 22.4 Å². The molecule has 2 amide bonds. The Balaban J connectivity index is 1.51. The number of aliphatic hydroxyl groups is 1. The van der Waals surface area contributed by atoms with Gasteiger partial charge in [-0.1, -0.05) is 18.2 Å². The number of Topliss-reactive ketones (excluding diaryl/α,β-unsaturated/α-hetero) is 4. The molecule has 2 fully saturated rings.